The fourth-order valence-corrected chi connectivity index (χ4v) is 5.22. The van der Waals surface area contributed by atoms with Gasteiger partial charge in [0.1, 0.15) is 12.7 Å². The molecule has 8 heteroatoms. The van der Waals surface area contributed by atoms with Crippen LogP contribution in [0.5, 0.6) is 0 Å². The van der Waals surface area contributed by atoms with Gasteiger partial charge in [-0.15, -0.1) is 0 Å². The predicted octanol–water partition coefficient (Wildman–Crippen LogP) is 7.39. The molecule has 46 heavy (non-hydrogen) atoms. The van der Waals surface area contributed by atoms with E-state index in [1.807, 2.05) is 83.2 Å². The summed E-state index contributed by atoms with van der Waals surface area (Å²) in [5.41, 5.74) is 3.46. The molecule has 1 amide bonds. The monoisotopic (exact) mass is 632 g/mol. The molecule has 1 unspecified atom stereocenters. The van der Waals surface area contributed by atoms with Crippen LogP contribution in [0.25, 0.3) is 0 Å². The lowest BCUT2D eigenvalue weighted by molar-refractivity contribution is -0.141. The van der Waals surface area contributed by atoms with Crippen LogP contribution >= 0.6 is 0 Å². The Balaban J connectivity index is 1.76. The van der Waals surface area contributed by atoms with E-state index in [4.69, 9.17) is 9.47 Å². The number of aliphatic hydroxyl groups excluding tert-OH is 1. The number of amides is 1. The summed E-state index contributed by atoms with van der Waals surface area (Å²) < 4.78 is 10.5. The van der Waals surface area contributed by atoms with Crippen molar-refractivity contribution in [1.29, 1.82) is 0 Å². The molecule has 6 atom stereocenters. The van der Waals surface area contributed by atoms with Crippen molar-refractivity contribution in [3.8, 4) is 0 Å². The molecule has 0 fully saturated rings. The summed E-state index contributed by atoms with van der Waals surface area (Å²) >= 11 is 0. The number of hydrogen-bond acceptors (Lipinski definition) is 7. The van der Waals surface area contributed by atoms with Gasteiger partial charge < -0.3 is 19.9 Å². The molecule has 1 aliphatic rings. The molecule has 8 nitrogen and oxygen atoms in total. The first kappa shape index (κ1) is 38.1. The van der Waals surface area contributed by atoms with Gasteiger partial charge in [0, 0.05) is 24.6 Å². The molecule has 1 aromatic rings. The zero-order valence-corrected chi connectivity index (χ0v) is 28.4. The first-order valence-corrected chi connectivity index (χ1v) is 16.1. The molecule has 0 aromatic carbocycles. The summed E-state index contributed by atoms with van der Waals surface area (Å²) in [5, 5.41) is 13.6. The average molecular weight is 633 g/mol. The molecule has 2 heterocycles. The molecule has 2 rings (SSSR count). The number of cyclic esters (lactones) is 1. The second kappa shape index (κ2) is 20.2. The molecule has 0 saturated carbocycles. The summed E-state index contributed by atoms with van der Waals surface area (Å²) in [7, 11) is 0. The standard InChI is InChI=1S/C38H52N2O6/c1-26(22-28(3)17-18-34-15-11-16-35(41)46-34)12-10-13-27(2)23-30(5)36(42)32(7)37(43)31(6)24-29(4)19-21-45-38(44)40-25-33-14-8-9-20-39-33/h8-11,13-14,16-20,22-23,26-27,31-32,34,37,43H,12,15,21,24-25H2,1-7H3,(H,40,44)/t26-,27?,31+,32-,34-,37-/m1/s1. The van der Waals surface area contributed by atoms with E-state index in [-0.39, 0.29) is 42.8 Å². The summed E-state index contributed by atoms with van der Waals surface area (Å²) in [6, 6.07) is 5.48. The maximum absolute atomic E-state index is 13.1. The summed E-state index contributed by atoms with van der Waals surface area (Å²) in [4.78, 5) is 40.6. The maximum atomic E-state index is 13.1. The van der Waals surface area contributed by atoms with Crippen LogP contribution in [0.2, 0.25) is 0 Å². The number of carbonyl (C=O) groups excluding carboxylic acids is 3. The third-order valence-electron chi connectivity index (χ3n) is 7.80. The maximum Gasteiger partial charge on any atom is 0.407 e. The SMILES string of the molecule is CC(C=C[C@H]1CC=CC(=O)O1)=C[C@H](C)CC=CC(C)C=C(C)C(=O)[C@@H](C)[C@H](O)[C@@H](C)CC(C)=CCOC(=O)NCc1ccccn1. The molecule has 250 valence electrons. The number of allylic oxidation sites excluding steroid dienone is 8. The summed E-state index contributed by atoms with van der Waals surface area (Å²) in [5.74, 6) is -0.665. The lowest BCUT2D eigenvalue weighted by atomic mass is 9.84. The number of alkyl carbamates (subject to hydrolysis) is 1. The van der Waals surface area contributed by atoms with Crippen molar-refractivity contribution < 1.29 is 29.0 Å². The van der Waals surface area contributed by atoms with E-state index in [0.717, 1.165) is 23.3 Å². The van der Waals surface area contributed by atoms with Crippen molar-refractivity contribution in [1.82, 2.24) is 10.3 Å². The smallest absolute Gasteiger partial charge is 0.407 e. The average Bonchev–Trinajstić information content (AvgIpc) is 3.02. The quantitative estimate of drug-likeness (QED) is 0.0797. The van der Waals surface area contributed by atoms with Gasteiger partial charge in [-0.25, -0.2) is 9.59 Å². The fourth-order valence-electron chi connectivity index (χ4n) is 5.22. The highest BCUT2D eigenvalue weighted by Crippen LogP contribution is 2.23. The largest absolute Gasteiger partial charge is 0.455 e. The van der Waals surface area contributed by atoms with E-state index >= 15 is 0 Å². The Morgan fingerprint density at radius 2 is 1.91 bits per heavy atom. The third kappa shape index (κ3) is 14.8. The van der Waals surface area contributed by atoms with E-state index in [9.17, 15) is 19.5 Å². The molecule has 2 N–H and O–H groups in total. The number of aromatic nitrogens is 1. The van der Waals surface area contributed by atoms with Gasteiger partial charge in [-0.3, -0.25) is 9.78 Å². The fraction of sp³-hybridized carbons (Fsp3) is 0.474. The Morgan fingerprint density at radius 3 is 2.61 bits per heavy atom. The van der Waals surface area contributed by atoms with Crippen molar-refractivity contribution >= 4 is 17.8 Å². The second-order valence-electron chi connectivity index (χ2n) is 12.4. The number of nitrogens with zero attached hydrogens (tertiary/aromatic N) is 1. The Labute approximate surface area is 275 Å². The Bertz CT molecular complexity index is 1320. The third-order valence-corrected chi connectivity index (χ3v) is 7.80. The number of pyridine rings is 1. The van der Waals surface area contributed by atoms with Gasteiger partial charge in [0.05, 0.1) is 18.3 Å². The van der Waals surface area contributed by atoms with Crippen LogP contribution < -0.4 is 5.32 Å². The molecule has 0 bridgehead atoms. The van der Waals surface area contributed by atoms with Crippen LogP contribution in [-0.2, 0) is 25.6 Å². The van der Waals surface area contributed by atoms with Crippen LogP contribution in [0.3, 0.4) is 0 Å². The van der Waals surface area contributed by atoms with Crippen molar-refractivity contribution in [2.45, 2.75) is 86.5 Å². The summed E-state index contributed by atoms with van der Waals surface area (Å²) in [6.45, 7) is 14.1. The summed E-state index contributed by atoms with van der Waals surface area (Å²) in [6.07, 6.45) is 19.6. The van der Waals surface area contributed by atoms with Gasteiger partial charge in [-0.2, -0.15) is 0 Å². The highest BCUT2D eigenvalue weighted by molar-refractivity contribution is 5.96. The Hall–Kier alpha value is -4.04. The van der Waals surface area contributed by atoms with E-state index in [1.165, 1.54) is 6.08 Å². The minimum atomic E-state index is -0.806. The topological polar surface area (TPSA) is 115 Å². The van der Waals surface area contributed by atoms with Crippen molar-refractivity contribution in [3.63, 3.8) is 0 Å². The first-order chi connectivity index (χ1) is 21.8. The number of Topliss-reactive ketones (excluding diaryl/α,β-unsaturated/α-hetero) is 1. The Kier molecular flexibility index (Phi) is 16.7. The number of ketones is 1. The zero-order valence-electron chi connectivity index (χ0n) is 28.4. The van der Waals surface area contributed by atoms with Gasteiger partial charge in [0.25, 0.3) is 0 Å². The van der Waals surface area contributed by atoms with Crippen molar-refractivity contribution in [3.05, 3.63) is 101 Å². The van der Waals surface area contributed by atoms with Crippen molar-refractivity contribution in [2.24, 2.45) is 23.7 Å². The minimum absolute atomic E-state index is 0.0630. The predicted molar refractivity (Wildman–Crippen MR) is 183 cm³/mol. The van der Waals surface area contributed by atoms with Crippen LogP contribution in [0.1, 0.15) is 73.4 Å². The minimum Gasteiger partial charge on any atom is -0.455 e. The number of esters is 1. The van der Waals surface area contributed by atoms with Crippen LogP contribution in [-0.4, -0.2) is 46.8 Å². The molecular formula is C38H52N2O6. The molecule has 0 saturated heterocycles. The van der Waals surface area contributed by atoms with Crippen LogP contribution in [0, 0.1) is 23.7 Å². The molecule has 0 radical (unpaired) electrons. The lowest BCUT2D eigenvalue weighted by Crippen LogP contribution is -2.32. The lowest BCUT2D eigenvalue weighted by Gasteiger charge is -2.25. The van der Waals surface area contributed by atoms with E-state index in [1.54, 1.807) is 13.1 Å². The highest BCUT2D eigenvalue weighted by Gasteiger charge is 2.27. The number of carbonyl (C=O) groups is 3. The van der Waals surface area contributed by atoms with Crippen LogP contribution in [0.4, 0.5) is 4.79 Å². The number of rotatable bonds is 17. The first-order valence-electron chi connectivity index (χ1n) is 16.1. The van der Waals surface area contributed by atoms with Crippen molar-refractivity contribution in [2.75, 3.05) is 6.61 Å². The van der Waals surface area contributed by atoms with Crippen LogP contribution in [0.15, 0.2) is 95.8 Å². The molecular weight excluding hydrogens is 580 g/mol. The highest BCUT2D eigenvalue weighted by atomic mass is 16.5. The van der Waals surface area contributed by atoms with Gasteiger partial charge in [-0.1, -0.05) is 81.4 Å². The molecule has 0 aliphatic carbocycles. The van der Waals surface area contributed by atoms with E-state index < -0.39 is 18.1 Å². The van der Waals surface area contributed by atoms with Gasteiger partial charge in [0.15, 0.2) is 5.78 Å². The number of aliphatic hydroxyl groups is 1. The second-order valence-corrected chi connectivity index (χ2v) is 12.4. The van der Waals surface area contributed by atoms with Gasteiger partial charge in [0.2, 0.25) is 0 Å². The number of hydrogen-bond donors (Lipinski definition) is 2. The van der Waals surface area contributed by atoms with E-state index in [0.29, 0.717) is 24.3 Å². The molecule has 1 aromatic heterocycles. The Morgan fingerprint density at radius 1 is 1.15 bits per heavy atom. The van der Waals surface area contributed by atoms with Gasteiger partial charge >= 0.3 is 12.1 Å². The number of nitrogens with one attached hydrogen (secondary N) is 1. The van der Waals surface area contributed by atoms with Gasteiger partial charge in [-0.05, 0) is 81.2 Å². The molecule has 1 aliphatic heterocycles. The number of ether oxygens (including phenoxy) is 2. The normalized spacial score (nSPS) is 19.4. The molecule has 0 spiro atoms. The zero-order chi connectivity index (χ0) is 34.1. The van der Waals surface area contributed by atoms with E-state index in [2.05, 4.69) is 35.5 Å².